The van der Waals surface area contributed by atoms with Gasteiger partial charge in [0.25, 0.3) is 5.56 Å². The summed E-state index contributed by atoms with van der Waals surface area (Å²) in [6, 6.07) is 4.80. The highest BCUT2D eigenvalue weighted by Gasteiger charge is 2.55. The molecule has 1 aliphatic heterocycles. The van der Waals surface area contributed by atoms with Crippen LogP contribution < -0.4 is 5.56 Å². The molecule has 1 saturated heterocycles. The lowest BCUT2D eigenvalue weighted by Gasteiger charge is -2.52. The number of aliphatic hydroxyl groups is 1. The number of carbonyl (C=O) groups is 1. The summed E-state index contributed by atoms with van der Waals surface area (Å²) in [5, 5.41) is 12.6. The number of hydrogen-bond acceptors (Lipinski definition) is 4. The van der Waals surface area contributed by atoms with Crippen molar-refractivity contribution in [2.75, 3.05) is 13.1 Å². The molecule has 6 nitrogen and oxygen atoms in total. The molecule has 1 spiro atoms. The summed E-state index contributed by atoms with van der Waals surface area (Å²) in [4.78, 5) is 31.2. The van der Waals surface area contributed by atoms with Crippen LogP contribution in [0.5, 0.6) is 0 Å². The van der Waals surface area contributed by atoms with E-state index in [-0.39, 0.29) is 31.6 Å². The van der Waals surface area contributed by atoms with Gasteiger partial charge in [-0.3, -0.25) is 14.2 Å². The second-order valence-electron chi connectivity index (χ2n) is 9.04. The first kappa shape index (κ1) is 23.0. The van der Waals surface area contributed by atoms with Crippen molar-refractivity contribution in [3.8, 4) is 0 Å². The molecule has 4 rings (SSSR count). The molecule has 1 N–H and O–H groups in total. The average Bonchev–Trinajstić information content (AvgIpc) is 3.20. The molecule has 10 heteroatoms. The number of benzene rings is 1. The Morgan fingerprint density at radius 3 is 2.62 bits per heavy atom. The first-order chi connectivity index (χ1) is 15.0. The molecular weight excluding hydrogens is 447 g/mol. The van der Waals surface area contributed by atoms with E-state index in [1.165, 1.54) is 15.8 Å². The fraction of sp³-hybridized carbons (Fsp3) is 0.591. The Hall–Kier alpha value is -2.13. The average molecular weight is 472 g/mol. The van der Waals surface area contributed by atoms with Gasteiger partial charge >= 0.3 is 6.18 Å². The minimum atomic E-state index is -4.38. The fourth-order valence-corrected chi connectivity index (χ4v) is 5.41. The van der Waals surface area contributed by atoms with Gasteiger partial charge in [0.15, 0.2) is 0 Å². The molecule has 0 radical (unpaired) electrons. The lowest BCUT2D eigenvalue weighted by atomic mass is 9.65. The van der Waals surface area contributed by atoms with Crippen molar-refractivity contribution in [1.29, 1.82) is 0 Å². The van der Waals surface area contributed by atoms with Gasteiger partial charge in [0.2, 0.25) is 5.91 Å². The highest BCUT2D eigenvalue weighted by Crippen LogP contribution is 2.51. The zero-order valence-electron chi connectivity index (χ0n) is 17.5. The summed E-state index contributed by atoms with van der Waals surface area (Å²) < 4.78 is 39.1. The maximum absolute atomic E-state index is 13.0. The molecule has 2 aliphatic rings. The van der Waals surface area contributed by atoms with Crippen LogP contribution in [0.3, 0.4) is 0 Å². The van der Waals surface area contributed by atoms with Crippen molar-refractivity contribution in [2.45, 2.75) is 63.3 Å². The molecule has 174 valence electrons. The summed E-state index contributed by atoms with van der Waals surface area (Å²) >= 11 is 5.97. The van der Waals surface area contributed by atoms with Crippen LogP contribution in [0, 0.1) is 5.41 Å². The van der Waals surface area contributed by atoms with Gasteiger partial charge in [-0.1, -0.05) is 24.4 Å². The van der Waals surface area contributed by atoms with Gasteiger partial charge in [0.1, 0.15) is 0 Å². The quantitative estimate of drug-likeness (QED) is 0.733. The van der Waals surface area contributed by atoms with Crippen LogP contribution in [0.15, 0.2) is 29.3 Å². The Morgan fingerprint density at radius 2 is 1.94 bits per heavy atom. The minimum absolute atomic E-state index is 0.0159. The Labute approximate surface area is 188 Å². The molecule has 2 aromatic rings. The highest BCUT2D eigenvalue weighted by molar-refractivity contribution is 6.31. The van der Waals surface area contributed by atoms with Crippen molar-refractivity contribution in [2.24, 2.45) is 5.41 Å². The second-order valence-corrected chi connectivity index (χ2v) is 9.48. The van der Waals surface area contributed by atoms with E-state index in [0.29, 0.717) is 28.8 Å². The van der Waals surface area contributed by atoms with Crippen LogP contribution in [-0.2, 0) is 11.3 Å². The zero-order valence-corrected chi connectivity index (χ0v) is 18.3. The molecule has 1 atom stereocenters. The van der Waals surface area contributed by atoms with Gasteiger partial charge in [0.05, 0.1) is 35.8 Å². The van der Waals surface area contributed by atoms with E-state index in [0.717, 1.165) is 12.8 Å². The van der Waals surface area contributed by atoms with E-state index in [2.05, 4.69) is 4.98 Å². The summed E-state index contributed by atoms with van der Waals surface area (Å²) in [5.41, 5.74) is -1.76. The van der Waals surface area contributed by atoms with Gasteiger partial charge in [-0.05, 0) is 37.5 Å². The van der Waals surface area contributed by atoms with Crippen LogP contribution in [0.1, 0.15) is 44.9 Å². The molecule has 2 heterocycles. The minimum Gasteiger partial charge on any atom is -0.387 e. The predicted molar refractivity (Wildman–Crippen MR) is 113 cm³/mol. The van der Waals surface area contributed by atoms with Crippen LogP contribution in [0.2, 0.25) is 5.02 Å². The molecular formula is C22H25ClF3N3O3. The Balaban J connectivity index is 1.58. The molecule has 1 amide bonds. The van der Waals surface area contributed by atoms with Crippen LogP contribution >= 0.6 is 11.6 Å². The number of amides is 1. The summed E-state index contributed by atoms with van der Waals surface area (Å²) in [5.74, 6) is -0.544. The van der Waals surface area contributed by atoms with Crippen molar-refractivity contribution >= 4 is 28.4 Å². The summed E-state index contributed by atoms with van der Waals surface area (Å²) in [6.45, 7) is 0.369. The van der Waals surface area contributed by atoms with E-state index < -0.39 is 35.9 Å². The number of carbonyl (C=O) groups excluding carboxylic acids is 1. The third-order valence-corrected chi connectivity index (χ3v) is 7.27. The fourth-order valence-electron chi connectivity index (χ4n) is 5.24. The molecule has 32 heavy (non-hydrogen) atoms. The molecule has 1 aliphatic carbocycles. The monoisotopic (exact) mass is 471 g/mol. The molecule has 0 bridgehead atoms. The van der Waals surface area contributed by atoms with Crippen molar-refractivity contribution in [3.05, 3.63) is 39.9 Å². The standard InChI is InChI=1S/C22H25ClF3N3O3/c23-15-3-4-16-17(11-15)27-14-29(19(16)31)13-21(32)9-10-28(12-20(21)6-1-2-7-20)18(30)5-8-22(24,25)26/h3-4,11,14,32H,1-2,5-10,12-13H2. The van der Waals surface area contributed by atoms with E-state index in [1.807, 2.05) is 0 Å². The summed E-state index contributed by atoms with van der Waals surface area (Å²) in [6.07, 6.45) is -1.53. The second kappa shape index (κ2) is 8.33. The van der Waals surface area contributed by atoms with Crippen LogP contribution in [0.25, 0.3) is 10.9 Å². The molecule has 2 fully saturated rings. The molecule has 1 aromatic carbocycles. The number of hydrogen-bond donors (Lipinski definition) is 1. The number of aromatic nitrogens is 2. The van der Waals surface area contributed by atoms with E-state index in [4.69, 9.17) is 11.6 Å². The normalized spacial score (nSPS) is 23.2. The number of rotatable bonds is 4. The third-order valence-electron chi connectivity index (χ3n) is 7.03. The Morgan fingerprint density at radius 1 is 1.22 bits per heavy atom. The maximum Gasteiger partial charge on any atom is 0.389 e. The zero-order chi connectivity index (χ0) is 23.1. The number of nitrogens with zero attached hydrogens (tertiary/aromatic N) is 3. The number of alkyl halides is 3. The number of halogens is 4. The maximum atomic E-state index is 13.0. The van der Waals surface area contributed by atoms with E-state index in [1.54, 1.807) is 18.2 Å². The predicted octanol–water partition coefficient (Wildman–Crippen LogP) is 3.92. The number of piperidine rings is 1. The lowest BCUT2D eigenvalue weighted by Crippen LogP contribution is -2.62. The van der Waals surface area contributed by atoms with Gasteiger partial charge in [-0.15, -0.1) is 0 Å². The molecule has 1 saturated carbocycles. The Bertz CT molecular complexity index is 1080. The highest BCUT2D eigenvalue weighted by atomic mass is 35.5. The van der Waals surface area contributed by atoms with Crippen molar-refractivity contribution < 1.29 is 23.1 Å². The first-order valence-electron chi connectivity index (χ1n) is 10.7. The molecule has 1 unspecified atom stereocenters. The topological polar surface area (TPSA) is 75.4 Å². The SMILES string of the molecule is O=C(CCC(F)(F)F)N1CCC(O)(Cn2cnc3cc(Cl)ccc3c2=O)C2(CCCC2)C1. The largest absolute Gasteiger partial charge is 0.389 e. The van der Waals surface area contributed by atoms with Crippen molar-refractivity contribution in [1.82, 2.24) is 14.5 Å². The summed E-state index contributed by atoms with van der Waals surface area (Å²) in [7, 11) is 0. The lowest BCUT2D eigenvalue weighted by molar-refractivity contribution is -0.166. The van der Waals surface area contributed by atoms with E-state index >= 15 is 0 Å². The number of likely N-dealkylation sites (tertiary alicyclic amines) is 1. The smallest absolute Gasteiger partial charge is 0.387 e. The van der Waals surface area contributed by atoms with Crippen molar-refractivity contribution in [3.63, 3.8) is 0 Å². The van der Waals surface area contributed by atoms with Gasteiger partial charge in [-0.25, -0.2) is 4.98 Å². The van der Waals surface area contributed by atoms with Gasteiger partial charge in [0, 0.05) is 29.9 Å². The van der Waals surface area contributed by atoms with Crippen LogP contribution in [0.4, 0.5) is 13.2 Å². The van der Waals surface area contributed by atoms with Gasteiger partial charge in [-0.2, -0.15) is 13.2 Å². The third kappa shape index (κ3) is 4.37. The first-order valence-corrected chi connectivity index (χ1v) is 11.1. The number of fused-ring (bicyclic) bond motifs is 1. The molecule has 1 aromatic heterocycles. The van der Waals surface area contributed by atoms with Crippen LogP contribution in [-0.4, -0.2) is 50.3 Å². The van der Waals surface area contributed by atoms with Gasteiger partial charge < -0.3 is 10.0 Å². The Kier molecular flexibility index (Phi) is 6.00. The van der Waals surface area contributed by atoms with E-state index in [9.17, 15) is 27.9 Å².